The molecule has 1 heterocycles. The monoisotopic (exact) mass is 530 g/mol. The second-order valence-corrected chi connectivity index (χ2v) is 6.74. The van der Waals surface area contributed by atoms with Gasteiger partial charge in [0.25, 0.3) is 0 Å². The van der Waals surface area contributed by atoms with E-state index in [1.54, 1.807) is 14.2 Å². The van der Waals surface area contributed by atoms with Gasteiger partial charge in [-0.15, -0.1) is 24.0 Å². The Hall–Kier alpha value is -1.43. The maximum atomic E-state index is 12.5. The zero-order chi connectivity index (χ0) is 20.6. The summed E-state index contributed by atoms with van der Waals surface area (Å²) in [7, 11) is 3.23. The van der Waals surface area contributed by atoms with E-state index in [0.29, 0.717) is 50.1 Å². The molecule has 1 saturated heterocycles. The minimum Gasteiger partial charge on any atom is -0.493 e. The molecule has 0 aromatic heterocycles. The molecule has 0 aliphatic carbocycles. The van der Waals surface area contributed by atoms with Crippen molar-refractivity contribution in [1.29, 1.82) is 0 Å². The molecule has 0 saturated carbocycles. The molecule has 166 valence electrons. The van der Waals surface area contributed by atoms with Gasteiger partial charge in [-0.3, -0.25) is 9.89 Å². The molecule has 1 aliphatic rings. The first kappa shape index (κ1) is 25.6. The highest BCUT2D eigenvalue weighted by atomic mass is 127. The van der Waals surface area contributed by atoms with E-state index < -0.39 is 12.7 Å². The second-order valence-electron chi connectivity index (χ2n) is 6.74. The van der Waals surface area contributed by atoms with Crippen molar-refractivity contribution < 1.29 is 22.6 Å². The fourth-order valence-corrected chi connectivity index (χ4v) is 3.07. The van der Waals surface area contributed by atoms with Crippen LogP contribution >= 0.6 is 24.0 Å². The van der Waals surface area contributed by atoms with Crippen LogP contribution in [0.1, 0.15) is 25.3 Å². The zero-order valence-electron chi connectivity index (χ0n) is 17.0. The third-order valence-corrected chi connectivity index (χ3v) is 4.39. The Kier molecular flexibility index (Phi) is 10.9. The molecule has 1 atom stereocenters. The molecule has 1 unspecified atom stereocenters. The molecule has 1 aromatic rings. The summed E-state index contributed by atoms with van der Waals surface area (Å²) in [5.41, 5.74) is 0.980. The van der Waals surface area contributed by atoms with Gasteiger partial charge in [0, 0.05) is 32.7 Å². The number of guanidine groups is 1. The summed E-state index contributed by atoms with van der Waals surface area (Å²) in [5.74, 6) is 1.92. The van der Waals surface area contributed by atoms with Crippen LogP contribution in [0.5, 0.6) is 11.5 Å². The summed E-state index contributed by atoms with van der Waals surface area (Å²) in [6, 6.07) is 5.64. The number of halogens is 4. The molecule has 1 aromatic carbocycles. The van der Waals surface area contributed by atoms with Crippen LogP contribution in [0.4, 0.5) is 13.2 Å². The first-order valence-electron chi connectivity index (χ1n) is 9.40. The summed E-state index contributed by atoms with van der Waals surface area (Å²) >= 11 is 0. The van der Waals surface area contributed by atoms with E-state index in [1.165, 1.54) is 4.90 Å². The van der Waals surface area contributed by atoms with Crippen LogP contribution in [-0.2, 0) is 6.54 Å². The number of nitrogens with one attached hydrogen (secondary N) is 2. The number of methoxy groups -OCH3 is 1. The highest BCUT2D eigenvalue weighted by Crippen LogP contribution is 2.28. The lowest BCUT2D eigenvalue weighted by molar-refractivity contribution is -0.143. The van der Waals surface area contributed by atoms with Gasteiger partial charge in [-0.05, 0) is 30.5 Å². The first-order chi connectivity index (χ1) is 13.3. The van der Waals surface area contributed by atoms with Crippen LogP contribution in [0.3, 0.4) is 0 Å². The number of ether oxygens (including phenoxy) is 2. The molecule has 0 radical (unpaired) electrons. The molecule has 2 N–H and O–H groups in total. The van der Waals surface area contributed by atoms with Crippen molar-refractivity contribution in [2.45, 2.75) is 38.5 Å². The first-order valence-corrected chi connectivity index (χ1v) is 9.40. The van der Waals surface area contributed by atoms with Crippen molar-refractivity contribution >= 4 is 29.9 Å². The van der Waals surface area contributed by atoms with Gasteiger partial charge in [0.1, 0.15) is 0 Å². The van der Waals surface area contributed by atoms with E-state index in [2.05, 4.69) is 15.6 Å². The van der Waals surface area contributed by atoms with Gasteiger partial charge in [-0.1, -0.05) is 13.0 Å². The number of rotatable bonds is 8. The van der Waals surface area contributed by atoms with E-state index in [1.807, 2.05) is 25.1 Å². The van der Waals surface area contributed by atoms with Crippen LogP contribution in [0.15, 0.2) is 23.2 Å². The number of alkyl halides is 3. The molecule has 0 bridgehead atoms. The van der Waals surface area contributed by atoms with Crippen molar-refractivity contribution in [3.63, 3.8) is 0 Å². The maximum Gasteiger partial charge on any atom is 0.401 e. The third kappa shape index (κ3) is 8.85. The highest BCUT2D eigenvalue weighted by Gasteiger charge is 2.34. The molecule has 29 heavy (non-hydrogen) atoms. The molecule has 1 fully saturated rings. The van der Waals surface area contributed by atoms with Crippen LogP contribution in [0.2, 0.25) is 0 Å². The molecular formula is C19H30F3IN4O2. The van der Waals surface area contributed by atoms with E-state index in [-0.39, 0.29) is 30.0 Å². The summed E-state index contributed by atoms with van der Waals surface area (Å²) in [6.07, 6.45) is -2.61. The largest absolute Gasteiger partial charge is 0.493 e. The standard InChI is InChI=1S/C19H29F3N4O2.HI/c1-4-9-28-16-6-5-14(10-17(16)27-3)11-24-18(23-2)25-15-7-8-26(12-15)13-19(20,21)22;/h5-6,10,15H,4,7-9,11-13H2,1-3H3,(H2,23,24,25);1H. The van der Waals surface area contributed by atoms with Crippen LogP contribution < -0.4 is 20.1 Å². The van der Waals surface area contributed by atoms with Crippen LogP contribution in [0, 0.1) is 0 Å². The topological polar surface area (TPSA) is 58.1 Å². The van der Waals surface area contributed by atoms with Gasteiger partial charge in [-0.25, -0.2) is 0 Å². The molecule has 0 spiro atoms. The number of likely N-dealkylation sites (tertiary alicyclic amines) is 1. The maximum absolute atomic E-state index is 12.5. The number of hydrogen-bond donors (Lipinski definition) is 2. The van der Waals surface area contributed by atoms with E-state index in [4.69, 9.17) is 9.47 Å². The molecule has 1 aliphatic heterocycles. The predicted molar refractivity (Wildman–Crippen MR) is 118 cm³/mol. The van der Waals surface area contributed by atoms with E-state index in [0.717, 1.165) is 12.0 Å². The minimum atomic E-state index is -4.17. The van der Waals surface area contributed by atoms with Crippen molar-refractivity contribution in [3.05, 3.63) is 23.8 Å². The minimum absolute atomic E-state index is 0. The molecule has 2 rings (SSSR count). The molecular weight excluding hydrogens is 500 g/mol. The van der Waals surface area contributed by atoms with Crippen LogP contribution in [0.25, 0.3) is 0 Å². The van der Waals surface area contributed by atoms with Gasteiger partial charge < -0.3 is 20.1 Å². The Morgan fingerprint density at radius 2 is 2.07 bits per heavy atom. The Morgan fingerprint density at radius 1 is 1.31 bits per heavy atom. The van der Waals surface area contributed by atoms with Crippen molar-refractivity contribution in [1.82, 2.24) is 15.5 Å². The molecule has 10 heteroatoms. The van der Waals surface area contributed by atoms with E-state index >= 15 is 0 Å². The number of aliphatic imine (C=N–C) groups is 1. The predicted octanol–water partition coefficient (Wildman–Crippen LogP) is 3.40. The lowest BCUT2D eigenvalue weighted by Gasteiger charge is -2.20. The highest BCUT2D eigenvalue weighted by molar-refractivity contribution is 14.0. The summed E-state index contributed by atoms with van der Waals surface area (Å²) in [6.45, 7) is 3.06. The smallest absolute Gasteiger partial charge is 0.401 e. The fraction of sp³-hybridized carbons (Fsp3) is 0.632. The van der Waals surface area contributed by atoms with Gasteiger partial charge in [0.05, 0.1) is 20.3 Å². The molecule has 0 amide bonds. The summed E-state index contributed by atoms with van der Waals surface area (Å²) in [4.78, 5) is 5.57. The lowest BCUT2D eigenvalue weighted by atomic mass is 10.2. The van der Waals surface area contributed by atoms with Gasteiger partial charge in [0.15, 0.2) is 17.5 Å². The SMILES string of the molecule is CCCOc1ccc(CNC(=NC)NC2CCN(CC(F)(F)F)C2)cc1OC.I. The zero-order valence-corrected chi connectivity index (χ0v) is 19.3. The van der Waals surface area contributed by atoms with Crippen molar-refractivity contribution in [2.75, 3.05) is 40.4 Å². The Morgan fingerprint density at radius 3 is 2.69 bits per heavy atom. The Bertz CT molecular complexity index is 659. The molecule has 6 nitrogen and oxygen atoms in total. The quantitative estimate of drug-likeness (QED) is 0.307. The van der Waals surface area contributed by atoms with Gasteiger partial charge >= 0.3 is 6.18 Å². The van der Waals surface area contributed by atoms with Crippen molar-refractivity contribution in [3.8, 4) is 11.5 Å². The lowest BCUT2D eigenvalue weighted by Crippen LogP contribution is -2.44. The summed E-state index contributed by atoms with van der Waals surface area (Å²) < 4.78 is 48.6. The normalized spacial score (nSPS) is 17.6. The summed E-state index contributed by atoms with van der Waals surface area (Å²) in [5, 5.41) is 6.38. The Balaban J connectivity index is 0.00000420. The van der Waals surface area contributed by atoms with Gasteiger partial charge in [-0.2, -0.15) is 13.2 Å². The van der Waals surface area contributed by atoms with Crippen molar-refractivity contribution in [2.24, 2.45) is 4.99 Å². The Labute approximate surface area is 187 Å². The third-order valence-electron chi connectivity index (χ3n) is 4.39. The number of benzene rings is 1. The van der Waals surface area contributed by atoms with E-state index in [9.17, 15) is 13.2 Å². The average molecular weight is 530 g/mol. The van der Waals surface area contributed by atoms with Gasteiger partial charge in [0.2, 0.25) is 0 Å². The number of hydrogen-bond acceptors (Lipinski definition) is 4. The second kappa shape index (κ2) is 12.3. The average Bonchev–Trinajstić information content (AvgIpc) is 3.08. The van der Waals surface area contributed by atoms with Crippen LogP contribution in [-0.4, -0.2) is 63.5 Å². The number of nitrogens with zero attached hydrogens (tertiary/aromatic N) is 2. The fourth-order valence-electron chi connectivity index (χ4n) is 3.07.